The maximum Gasteiger partial charge on any atom is 0.278 e. The van der Waals surface area contributed by atoms with Crippen molar-refractivity contribution in [2.45, 2.75) is 29.8 Å². The second-order valence-corrected chi connectivity index (χ2v) is 5.69. The van der Waals surface area contributed by atoms with Crippen LogP contribution in [0.2, 0.25) is 0 Å². The van der Waals surface area contributed by atoms with Crippen molar-refractivity contribution in [1.82, 2.24) is 20.2 Å². The highest BCUT2D eigenvalue weighted by Crippen LogP contribution is 2.35. The Balaban J connectivity index is 2.00. The molecule has 0 fully saturated rings. The molecule has 0 saturated heterocycles. The molecule has 0 aliphatic carbocycles. The van der Waals surface area contributed by atoms with Crippen molar-refractivity contribution in [2.75, 3.05) is 0 Å². The van der Waals surface area contributed by atoms with Gasteiger partial charge in [0.1, 0.15) is 5.82 Å². The Morgan fingerprint density at radius 1 is 1.32 bits per heavy atom. The van der Waals surface area contributed by atoms with Crippen molar-refractivity contribution in [3.63, 3.8) is 0 Å². The second-order valence-electron chi connectivity index (χ2n) is 4.68. The third-order valence-electron chi connectivity index (χ3n) is 3.15. The number of benzene rings is 1. The fraction of sp³-hybridized carbons (Fsp3) is 0.214. The number of aryl methyl sites for hydroxylation is 1. The lowest BCUT2D eigenvalue weighted by Crippen LogP contribution is -1.91. The van der Waals surface area contributed by atoms with Crippen molar-refractivity contribution in [3.8, 4) is 0 Å². The molecule has 1 N–H and O–H groups in total. The molecule has 7 nitrogen and oxygen atoms in total. The molecule has 0 atom stereocenters. The van der Waals surface area contributed by atoms with Crippen LogP contribution in [-0.2, 0) is 6.42 Å². The van der Waals surface area contributed by atoms with Gasteiger partial charge >= 0.3 is 0 Å². The number of rotatable bonds is 5. The van der Waals surface area contributed by atoms with Crippen LogP contribution >= 0.6 is 11.8 Å². The molecular formula is C14H13N5O2S. The van der Waals surface area contributed by atoms with Gasteiger partial charge in [-0.05, 0) is 30.3 Å². The van der Waals surface area contributed by atoms with E-state index in [1.54, 1.807) is 18.3 Å². The average Bonchev–Trinajstić information content (AvgIpc) is 2.95. The van der Waals surface area contributed by atoms with Crippen LogP contribution in [0.4, 0.5) is 5.69 Å². The molecular weight excluding hydrogens is 302 g/mol. The fourth-order valence-electron chi connectivity index (χ4n) is 2.17. The van der Waals surface area contributed by atoms with Crippen LogP contribution in [0.5, 0.6) is 0 Å². The highest BCUT2D eigenvalue weighted by atomic mass is 32.2. The first-order chi connectivity index (χ1) is 10.7. The third-order valence-corrected chi connectivity index (χ3v) is 4.09. The van der Waals surface area contributed by atoms with Gasteiger partial charge in [0, 0.05) is 35.2 Å². The normalized spacial score (nSPS) is 11.0. The average molecular weight is 315 g/mol. The maximum atomic E-state index is 11.1. The van der Waals surface area contributed by atoms with Gasteiger partial charge < -0.3 is 0 Å². The molecule has 3 rings (SSSR count). The number of aromatic amines is 1. The zero-order chi connectivity index (χ0) is 15.5. The van der Waals surface area contributed by atoms with E-state index in [-0.39, 0.29) is 5.69 Å². The van der Waals surface area contributed by atoms with Crippen LogP contribution in [0.15, 0.2) is 40.6 Å². The van der Waals surface area contributed by atoms with E-state index in [1.165, 1.54) is 24.0 Å². The van der Waals surface area contributed by atoms with E-state index >= 15 is 0 Å². The molecule has 0 radical (unpaired) electrons. The monoisotopic (exact) mass is 315 g/mol. The molecule has 0 aliphatic rings. The Labute approximate surface area is 130 Å². The molecule has 0 bridgehead atoms. The van der Waals surface area contributed by atoms with Crippen LogP contribution in [0.3, 0.4) is 0 Å². The molecule has 0 aliphatic heterocycles. The lowest BCUT2D eigenvalue weighted by molar-refractivity contribution is -0.383. The Kier molecular flexibility index (Phi) is 4.01. The predicted molar refractivity (Wildman–Crippen MR) is 82.9 cm³/mol. The zero-order valence-electron chi connectivity index (χ0n) is 11.8. The number of nitrogens with zero attached hydrogens (tertiary/aromatic N) is 4. The first-order valence-electron chi connectivity index (χ1n) is 6.79. The standard InChI is InChI=1S/C14H13N5O2S/c1-2-3-13-16-14(18-17-13)22-12-5-4-11(19(20)21)10-8-15-7-6-9(10)12/h4-8H,2-3H2,1H3,(H,16,17,18). The van der Waals surface area contributed by atoms with Gasteiger partial charge in [-0.15, -0.1) is 5.10 Å². The molecule has 2 aromatic heterocycles. The molecule has 3 aromatic rings. The summed E-state index contributed by atoms with van der Waals surface area (Å²) in [5.41, 5.74) is 0.0501. The smallest absolute Gasteiger partial charge is 0.264 e. The largest absolute Gasteiger partial charge is 0.278 e. The van der Waals surface area contributed by atoms with Gasteiger partial charge in [-0.3, -0.25) is 20.2 Å². The number of nitro benzene ring substituents is 1. The number of aromatic nitrogens is 4. The maximum absolute atomic E-state index is 11.1. The van der Waals surface area contributed by atoms with E-state index in [4.69, 9.17) is 0 Å². The van der Waals surface area contributed by atoms with Crippen LogP contribution in [-0.4, -0.2) is 25.1 Å². The molecule has 8 heteroatoms. The summed E-state index contributed by atoms with van der Waals surface area (Å²) in [6.45, 7) is 2.08. The van der Waals surface area contributed by atoms with Crippen molar-refractivity contribution >= 4 is 28.2 Å². The molecule has 112 valence electrons. The van der Waals surface area contributed by atoms with Crippen LogP contribution in [0, 0.1) is 10.1 Å². The van der Waals surface area contributed by atoms with Gasteiger partial charge in [0.15, 0.2) is 0 Å². The molecule has 0 amide bonds. The summed E-state index contributed by atoms with van der Waals surface area (Å²) in [6, 6.07) is 4.98. The lowest BCUT2D eigenvalue weighted by atomic mass is 10.1. The Morgan fingerprint density at radius 3 is 2.95 bits per heavy atom. The van der Waals surface area contributed by atoms with Crippen LogP contribution in [0.25, 0.3) is 10.8 Å². The van der Waals surface area contributed by atoms with Gasteiger partial charge in [0.25, 0.3) is 5.69 Å². The van der Waals surface area contributed by atoms with E-state index in [0.717, 1.165) is 28.9 Å². The highest BCUT2D eigenvalue weighted by Gasteiger charge is 2.16. The number of pyridine rings is 1. The number of fused-ring (bicyclic) bond motifs is 1. The van der Waals surface area contributed by atoms with E-state index in [9.17, 15) is 10.1 Å². The molecule has 0 saturated carbocycles. The highest BCUT2D eigenvalue weighted by molar-refractivity contribution is 7.99. The van der Waals surface area contributed by atoms with Crippen molar-refractivity contribution in [2.24, 2.45) is 0 Å². The predicted octanol–water partition coefficient (Wildman–Crippen LogP) is 3.36. The summed E-state index contributed by atoms with van der Waals surface area (Å²) in [6.07, 6.45) is 4.97. The molecule has 1 aromatic carbocycles. The zero-order valence-corrected chi connectivity index (χ0v) is 12.6. The van der Waals surface area contributed by atoms with Gasteiger partial charge in [-0.25, -0.2) is 4.98 Å². The Bertz CT molecular complexity index is 833. The minimum atomic E-state index is -0.398. The van der Waals surface area contributed by atoms with E-state index in [0.29, 0.717) is 10.5 Å². The summed E-state index contributed by atoms with van der Waals surface area (Å²) in [7, 11) is 0. The third kappa shape index (κ3) is 2.77. The van der Waals surface area contributed by atoms with E-state index in [1.807, 2.05) is 0 Å². The number of nitrogens with one attached hydrogen (secondary N) is 1. The fourth-order valence-corrected chi connectivity index (χ4v) is 3.03. The lowest BCUT2D eigenvalue weighted by Gasteiger charge is -2.04. The van der Waals surface area contributed by atoms with Crippen LogP contribution in [0.1, 0.15) is 19.2 Å². The summed E-state index contributed by atoms with van der Waals surface area (Å²) >= 11 is 1.38. The van der Waals surface area contributed by atoms with E-state index in [2.05, 4.69) is 27.1 Å². The summed E-state index contributed by atoms with van der Waals surface area (Å²) in [5.74, 6) is 0.845. The minimum absolute atomic E-state index is 0.0501. The SMILES string of the molecule is CCCc1nc(Sc2ccc([N+](=O)[O-])c3cnccc23)n[nH]1. The number of non-ortho nitro benzene ring substituents is 1. The number of hydrogen-bond donors (Lipinski definition) is 1. The summed E-state index contributed by atoms with van der Waals surface area (Å²) in [5, 5.41) is 20.1. The van der Waals surface area contributed by atoms with Crippen molar-refractivity contribution in [3.05, 3.63) is 46.5 Å². The van der Waals surface area contributed by atoms with Crippen molar-refractivity contribution in [1.29, 1.82) is 0 Å². The van der Waals surface area contributed by atoms with Gasteiger partial charge in [0.05, 0.1) is 10.3 Å². The molecule has 0 unspecified atom stereocenters. The summed E-state index contributed by atoms with van der Waals surface area (Å²) in [4.78, 5) is 20.0. The molecule has 2 heterocycles. The van der Waals surface area contributed by atoms with Gasteiger partial charge in [-0.2, -0.15) is 0 Å². The number of hydrogen-bond acceptors (Lipinski definition) is 6. The minimum Gasteiger partial charge on any atom is -0.264 e. The number of nitro groups is 1. The van der Waals surface area contributed by atoms with Gasteiger partial charge in [-0.1, -0.05) is 6.92 Å². The van der Waals surface area contributed by atoms with E-state index < -0.39 is 4.92 Å². The number of H-pyrrole nitrogens is 1. The van der Waals surface area contributed by atoms with Crippen molar-refractivity contribution < 1.29 is 4.92 Å². The van der Waals surface area contributed by atoms with Crippen LogP contribution < -0.4 is 0 Å². The van der Waals surface area contributed by atoms with Gasteiger partial charge in [0.2, 0.25) is 5.16 Å². The molecule has 22 heavy (non-hydrogen) atoms. The summed E-state index contributed by atoms with van der Waals surface area (Å²) < 4.78 is 0. The quantitative estimate of drug-likeness (QED) is 0.572. The Hall–Kier alpha value is -2.48. The first-order valence-corrected chi connectivity index (χ1v) is 7.61. The Morgan fingerprint density at radius 2 is 2.18 bits per heavy atom. The topological polar surface area (TPSA) is 97.6 Å². The second kappa shape index (κ2) is 6.10. The molecule has 0 spiro atoms. The first kappa shape index (κ1) is 14.5.